The zero-order valence-corrected chi connectivity index (χ0v) is 13.7. The van der Waals surface area contributed by atoms with E-state index < -0.39 is 0 Å². The van der Waals surface area contributed by atoms with Crippen molar-refractivity contribution in [1.82, 2.24) is 5.32 Å². The molecule has 0 aromatic carbocycles. The molecule has 118 valence electrons. The maximum absolute atomic E-state index is 5.75. The second-order valence-electron chi connectivity index (χ2n) is 6.92. The summed E-state index contributed by atoms with van der Waals surface area (Å²) in [5.74, 6) is 1.95. The van der Waals surface area contributed by atoms with E-state index in [2.05, 4.69) is 19.2 Å². The van der Waals surface area contributed by atoms with Crippen molar-refractivity contribution < 1.29 is 4.74 Å². The molecule has 2 heteroatoms. The molecule has 2 aliphatic rings. The Morgan fingerprint density at radius 3 is 2.50 bits per heavy atom. The molecule has 1 N–H and O–H groups in total. The minimum atomic E-state index is 0.577. The van der Waals surface area contributed by atoms with Gasteiger partial charge in [-0.15, -0.1) is 0 Å². The molecule has 0 aromatic heterocycles. The summed E-state index contributed by atoms with van der Waals surface area (Å²) >= 11 is 0. The van der Waals surface area contributed by atoms with Gasteiger partial charge in [0.2, 0.25) is 0 Å². The van der Waals surface area contributed by atoms with E-state index in [-0.39, 0.29) is 0 Å². The second-order valence-corrected chi connectivity index (χ2v) is 6.92. The van der Waals surface area contributed by atoms with Gasteiger partial charge in [-0.1, -0.05) is 33.1 Å². The predicted octanol–water partition coefficient (Wildman–Crippen LogP) is 4.53. The van der Waals surface area contributed by atoms with E-state index in [0.29, 0.717) is 6.10 Å². The number of nitrogens with one attached hydrogen (secondary N) is 1. The third-order valence-electron chi connectivity index (χ3n) is 5.57. The van der Waals surface area contributed by atoms with Crippen LogP contribution in [-0.2, 0) is 4.74 Å². The van der Waals surface area contributed by atoms with Crippen molar-refractivity contribution in [3.8, 4) is 0 Å². The molecule has 1 saturated heterocycles. The van der Waals surface area contributed by atoms with E-state index in [0.717, 1.165) is 31.0 Å². The van der Waals surface area contributed by atoms with Gasteiger partial charge < -0.3 is 10.1 Å². The predicted molar refractivity (Wildman–Crippen MR) is 86.0 cm³/mol. The average Bonchev–Trinajstić information content (AvgIpc) is 3.00. The number of rotatable bonds is 8. The Morgan fingerprint density at radius 2 is 1.90 bits per heavy atom. The molecule has 1 aliphatic heterocycles. The first-order chi connectivity index (χ1) is 9.83. The lowest BCUT2D eigenvalue weighted by Crippen LogP contribution is -2.38. The summed E-state index contributed by atoms with van der Waals surface area (Å²) in [6.07, 6.45) is 14.4. The third-order valence-corrected chi connectivity index (χ3v) is 5.57. The Hall–Kier alpha value is -0.0800. The smallest absolute Gasteiger partial charge is 0.0576 e. The summed E-state index contributed by atoms with van der Waals surface area (Å²) in [6, 6.07) is 0.763. The highest BCUT2D eigenvalue weighted by molar-refractivity contribution is 4.82. The van der Waals surface area contributed by atoms with Gasteiger partial charge in [-0.05, 0) is 63.3 Å². The van der Waals surface area contributed by atoms with Crippen molar-refractivity contribution in [1.29, 1.82) is 0 Å². The van der Waals surface area contributed by atoms with Gasteiger partial charge >= 0.3 is 0 Å². The largest absolute Gasteiger partial charge is 0.378 e. The van der Waals surface area contributed by atoms with Crippen LogP contribution < -0.4 is 5.32 Å². The van der Waals surface area contributed by atoms with E-state index in [1.807, 2.05) is 0 Å². The van der Waals surface area contributed by atoms with Crippen LogP contribution in [0, 0.1) is 11.8 Å². The van der Waals surface area contributed by atoms with E-state index >= 15 is 0 Å². The van der Waals surface area contributed by atoms with Gasteiger partial charge in [0.1, 0.15) is 0 Å². The minimum absolute atomic E-state index is 0.577. The van der Waals surface area contributed by atoms with Gasteiger partial charge in [0, 0.05) is 12.6 Å². The molecule has 0 spiro atoms. The Labute approximate surface area is 126 Å². The Balaban J connectivity index is 1.69. The molecule has 0 aromatic rings. The van der Waals surface area contributed by atoms with Crippen molar-refractivity contribution in [3.05, 3.63) is 0 Å². The maximum Gasteiger partial charge on any atom is 0.0576 e. The summed E-state index contributed by atoms with van der Waals surface area (Å²) < 4.78 is 5.75. The zero-order valence-electron chi connectivity index (χ0n) is 13.7. The highest BCUT2D eigenvalue weighted by atomic mass is 16.5. The third kappa shape index (κ3) is 5.04. The Bertz CT molecular complexity index is 242. The van der Waals surface area contributed by atoms with E-state index in [1.54, 1.807) is 0 Å². The lowest BCUT2D eigenvalue weighted by atomic mass is 9.76. The van der Waals surface area contributed by atoms with E-state index in [4.69, 9.17) is 4.74 Å². The van der Waals surface area contributed by atoms with Crippen LogP contribution in [0.3, 0.4) is 0 Å². The average molecular weight is 281 g/mol. The Morgan fingerprint density at radius 1 is 1.10 bits per heavy atom. The molecule has 1 heterocycles. The highest BCUT2D eigenvalue weighted by Gasteiger charge is 2.26. The lowest BCUT2D eigenvalue weighted by molar-refractivity contribution is 0.0995. The van der Waals surface area contributed by atoms with Crippen LogP contribution in [0.15, 0.2) is 0 Å². The van der Waals surface area contributed by atoms with Gasteiger partial charge in [-0.25, -0.2) is 0 Å². The fourth-order valence-corrected chi connectivity index (χ4v) is 4.20. The standard InChI is InChI=1S/C18H35NO/c1-3-15-10-12-16(13-11-15)18(19-4-2)9-5-7-17-8-6-14-20-17/h15-19H,3-14H2,1-2H3. The topological polar surface area (TPSA) is 21.3 Å². The molecule has 2 atom stereocenters. The van der Waals surface area contributed by atoms with Crippen LogP contribution in [0.25, 0.3) is 0 Å². The van der Waals surface area contributed by atoms with E-state index in [9.17, 15) is 0 Å². The molecule has 0 radical (unpaired) electrons. The first-order valence-electron chi connectivity index (χ1n) is 9.18. The molecule has 2 nitrogen and oxygen atoms in total. The number of ether oxygens (including phenoxy) is 1. The monoisotopic (exact) mass is 281 g/mol. The van der Waals surface area contributed by atoms with Gasteiger partial charge in [0.15, 0.2) is 0 Å². The fraction of sp³-hybridized carbons (Fsp3) is 1.00. The van der Waals surface area contributed by atoms with Crippen molar-refractivity contribution in [2.45, 2.75) is 90.2 Å². The summed E-state index contributed by atoms with van der Waals surface area (Å²) in [6.45, 7) is 6.74. The maximum atomic E-state index is 5.75. The highest BCUT2D eigenvalue weighted by Crippen LogP contribution is 2.34. The van der Waals surface area contributed by atoms with Crippen molar-refractivity contribution in [3.63, 3.8) is 0 Å². The number of hydrogen-bond acceptors (Lipinski definition) is 2. The lowest BCUT2D eigenvalue weighted by Gasteiger charge is -2.34. The summed E-state index contributed by atoms with van der Waals surface area (Å²) in [7, 11) is 0. The van der Waals surface area contributed by atoms with Crippen molar-refractivity contribution in [2.24, 2.45) is 11.8 Å². The van der Waals surface area contributed by atoms with Crippen LogP contribution in [-0.4, -0.2) is 25.3 Å². The molecule has 1 saturated carbocycles. The van der Waals surface area contributed by atoms with Gasteiger partial charge in [0.25, 0.3) is 0 Å². The van der Waals surface area contributed by atoms with Crippen LogP contribution >= 0.6 is 0 Å². The summed E-state index contributed by atoms with van der Waals surface area (Å²) in [4.78, 5) is 0. The molecule has 0 amide bonds. The molecular formula is C18H35NO. The zero-order chi connectivity index (χ0) is 14.2. The van der Waals surface area contributed by atoms with Gasteiger partial charge in [0.05, 0.1) is 6.10 Å². The van der Waals surface area contributed by atoms with Crippen LogP contribution in [0.5, 0.6) is 0 Å². The Kier molecular flexibility index (Phi) is 7.37. The molecule has 0 bridgehead atoms. The molecule has 2 fully saturated rings. The van der Waals surface area contributed by atoms with Crippen LogP contribution in [0.1, 0.15) is 78.1 Å². The first kappa shape index (κ1) is 16.3. The number of hydrogen-bond donors (Lipinski definition) is 1. The van der Waals surface area contributed by atoms with Gasteiger partial charge in [-0.3, -0.25) is 0 Å². The molecule has 2 rings (SSSR count). The second kappa shape index (κ2) is 9.04. The summed E-state index contributed by atoms with van der Waals surface area (Å²) in [5, 5.41) is 3.77. The van der Waals surface area contributed by atoms with E-state index in [1.165, 1.54) is 64.2 Å². The van der Waals surface area contributed by atoms with Gasteiger partial charge in [-0.2, -0.15) is 0 Å². The van der Waals surface area contributed by atoms with Crippen LogP contribution in [0.4, 0.5) is 0 Å². The normalized spacial score (nSPS) is 32.4. The minimum Gasteiger partial charge on any atom is -0.378 e. The van der Waals surface area contributed by atoms with Crippen LogP contribution in [0.2, 0.25) is 0 Å². The van der Waals surface area contributed by atoms with Crippen molar-refractivity contribution >= 4 is 0 Å². The first-order valence-corrected chi connectivity index (χ1v) is 9.18. The molecule has 2 unspecified atom stereocenters. The quantitative estimate of drug-likeness (QED) is 0.706. The SMILES string of the molecule is CCNC(CCCC1CCCO1)C1CCC(CC)CC1. The fourth-order valence-electron chi connectivity index (χ4n) is 4.20. The summed E-state index contributed by atoms with van der Waals surface area (Å²) in [5.41, 5.74) is 0. The molecular weight excluding hydrogens is 246 g/mol. The van der Waals surface area contributed by atoms with Crippen molar-refractivity contribution in [2.75, 3.05) is 13.2 Å². The molecule has 1 aliphatic carbocycles. The molecule has 20 heavy (non-hydrogen) atoms.